The quantitative estimate of drug-likeness (QED) is 0.0105. The van der Waals surface area contributed by atoms with Crippen LogP contribution in [0.25, 0.3) is 11.0 Å². The van der Waals surface area contributed by atoms with E-state index in [0.717, 1.165) is 77.4 Å². The van der Waals surface area contributed by atoms with Gasteiger partial charge in [0, 0.05) is 25.3 Å². The predicted octanol–water partition coefficient (Wildman–Crippen LogP) is 5.79. The molecule has 106 heavy (non-hydrogen) atoms. The van der Waals surface area contributed by atoms with E-state index in [1.165, 1.54) is 83.8 Å². The molecular weight excluding hydrogens is 1450 g/mol. The number of fused-ring (bicyclic) bond motifs is 2. The number of nitrogens with zero attached hydrogens (tertiary/aromatic N) is 9. The average Bonchev–Trinajstić information content (AvgIpc) is 1.56. The summed E-state index contributed by atoms with van der Waals surface area (Å²) >= 11 is 0. The smallest absolute Gasteiger partial charge is 1.00 e. The number of nitrogens with two attached hydrogens (primary N) is 2. The Labute approximate surface area is 637 Å². The fraction of sp³-hybridized carbons (Fsp3) is 0.500. The molecule has 10 N–H and O–H groups in total. The van der Waals surface area contributed by atoms with Crippen LogP contribution in [0.4, 0.5) is 17.3 Å². The Bertz CT molecular complexity index is 4080. The van der Waals surface area contributed by atoms with Crippen LogP contribution in [0.2, 0.25) is 0 Å². The van der Waals surface area contributed by atoms with Crippen molar-refractivity contribution in [3.05, 3.63) is 149 Å². The second-order valence-corrected chi connectivity index (χ2v) is 29.2. The summed E-state index contributed by atoms with van der Waals surface area (Å²) in [5.41, 5.74) is 8.74. The molecule has 12 rings (SSSR count). The van der Waals surface area contributed by atoms with Gasteiger partial charge in [0.1, 0.15) is 108 Å². The van der Waals surface area contributed by atoms with Crippen LogP contribution in [0.3, 0.4) is 0 Å². The van der Waals surface area contributed by atoms with Gasteiger partial charge in [-0.05, 0) is 132 Å². The normalized spacial score (nSPS) is 23.5. The number of carbonyl (C=O) groups excluding carboxylic acids is 2. The maximum atomic E-state index is 14.1. The van der Waals surface area contributed by atoms with Gasteiger partial charge in [-0.25, -0.2) is 28.1 Å². The van der Waals surface area contributed by atoms with Crippen LogP contribution in [-0.2, 0) is 58.1 Å². The van der Waals surface area contributed by atoms with Crippen molar-refractivity contribution in [1.82, 2.24) is 34.3 Å². The number of hydrogen-bond acceptors (Lipinski definition) is 28. The zero-order valence-corrected chi connectivity index (χ0v) is 62.8. The first kappa shape index (κ1) is 89.0. The molecule has 0 spiro atoms. The Hall–Kier alpha value is -7.66. The minimum absolute atomic E-state index is 0. The van der Waals surface area contributed by atoms with Gasteiger partial charge in [-0.15, -0.1) is 0 Å². The van der Waals surface area contributed by atoms with Gasteiger partial charge in [0.2, 0.25) is 11.2 Å². The van der Waals surface area contributed by atoms with Crippen LogP contribution in [0.15, 0.2) is 122 Å². The summed E-state index contributed by atoms with van der Waals surface area (Å²) in [5, 5.41) is 92.4. The van der Waals surface area contributed by atoms with Crippen molar-refractivity contribution in [3.63, 3.8) is 0 Å². The van der Waals surface area contributed by atoms with Crippen molar-refractivity contribution in [2.24, 2.45) is 5.92 Å². The number of nitro groups is 1. The maximum Gasteiger partial charge on any atom is 2.00 e. The van der Waals surface area contributed by atoms with Crippen LogP contribution in [0.1, 0.15) is 130 Å². The summed E-state index contributed by atoms with van der Waals surface area (Å²) in [6.07, 6.45) is 5.20. The number of carbonyl (C=O) groups is 2. The number of nitrogens with one attached hydrogen (secondary N) is 1. The number of aromatic nitrogens is 6. The number of aliphatic hydroxyl groups excluding tert-OH is 5. The van der Waals surface area contributed by atoms with Crippen LogP contribution < -0.4 is 42.5 Å². The van der Waals surface area contributed by atoms with E-state index in [-0.39, 0.29) is 107 Å². The minimum Gasteiger partial charge on any atom is -1.00 e. The van der Waals surface area contributed by atoms with Crippen LogP contribution in [0, 0.1) is 44.6 Å². The number of hydrogen-bond donors (Lipinski definition) is 8. The summed E-state index contributed by atoms with van der Waals surface area (Å²) < 4.78 is 80.3. The van der Waals surface area contributed by atoms with Gasteiger partial charge in [0.15, 0.2) is 11.6 Å². The summed E-state index contributed by atoms with van der Waals surface area (Å²) in [4.78, 5) is 43.4. The summed E-state index contributed by atoms with van der Waals surface area (Å²) in [6, 6.07) is 30.8. The van der Waals surface area contributed by atoms with E-state index >= 15 is 0 Å². The largest absolute Gasteiger partial charge is 2.00 e. The molecule has 0 radical (unpaired) electrons. The maximum absolute atomic E-state index is 14.1. The van der Waals surface area contributed by atoms with E-state index in [9.17, 15) is 64.9 Å². The molecule has 0 amide bonds. The number of halogens is 1. The Balaban J connectivity index is 0.000000277. The molecule has 4 aromatic heterocycles. The van der Waals surface area contributed by atoms with Gasteiger partial charge in [-0.1, -0.05) is 63.6 Å². The zero-order chi connectivity index (χ0) is 74.5. The molecule has 32 nitrogen and oxygen atoms in total. The number of aliphatic hydroxyl groups is 5. The molecule has 2 aliphatic carbocycles. The second-order valence-electron chi connectivity index (χ2n) is 25.6. The number of nitriles is 2. The van der Waals surface area contributed by atoms with Crippen molar-refractivity contribution in [2.75, 3.05) is 44.1 Å². The molecule has 3 aromatic carbocycles. The predicted molar refractivity (Wildman–Crippen MR) is 385 cm³/mol. The first-order chi connectivity index (χ1) is 49.3. The standard InChI is InChI=1S/C28H34N5O8P.C21H25N2O7P.C12H13N5O4.C4H8O.C4H9.CH4.ClH.Mg/c1-18(27(36)39-19-8-4-2-5-9-19)15-42(37,41-20-10-6-3-7-11-20)38-14-22-24(34)25(35)28(16-29,40-22)23-13-12-21-26(30)31-17-32-33(21)23;1-16(21(24)28-18-8-4-2-5-9-18)22-31(27,29-19-10-6-3-7-11-19)30-20-14-12-17(13-15-20)23(25)26;13-4-12(10(20)9(19)7(3-18)21-12)8-2-1-6-11(14)15-5-16-17(6)8;1-2-4-5-3-1;1-4(2)3;;;/h3,6-7,10-13,17-19,22,24-25,34-35H,2,4-5,8-9,14-15H2,1H3,(H2,30,31,32);3,6-7,10-16,18H,2,4-5,8-9H2,1H3,(H,22,27);1-2,5,7,9-10,18-20H,3H2,(H2,14,15,16);1-4H2;1-3H3;1H4;1H;/q;;;;-1;;;+2/p-1/t18-,22-,24-,25-,28+,42?;16-,31?;7-,9-,10-,12+;;;;;/m101...../s1. The molecule has 2 unspecified atom stereocenters. The third-order valence-corrected chi connectivity index (χ3v) is 20.6. The van der Waals surface area contributed by atoms with Gasteiger partial charge in [0.25, 0.3) is 5.69 Å². The molecule has 0 bridgehead atoms. The minimum atomic E-state index is -4.09. The number of anilines is 2. The third-order valence-electron chi connectivity index (χ3n) is 16.9. The van der Waals surface area contributed by atoms with Crippen molar-refractivity contribution >= 4 is 78.7 Å². The van der Waals surface area contributed by atoms with E-state index in [1.807, 2.05) is 12.1 Å². The van der Waals surface area contributed by atoms with Crippen LogP contribution in [0.5, 0.6) is 17.2 Å². The summed E-state index contributed by atoms with van der Waals surface area (Å²) in [7, 11) is -8.14. The number of benzene rings is 3. The van der Waals surface area contributed by atoms with E-state index in [0.29, 0.717) is 11.0 Å². The molecular formula is C70H93ClMgN12O20P2. The van der Waals surface area contributed by atoms with Gasteiger partial charge in [-0.2, -0.15) is 46.6 Å². The second kappa shape index (κ2) is 41.6. The van der Waals surface area contributed by atoms with E-state index in [4.69, 9.17) is 53.2 Å². The molecule has 7 aromatic rings. The Morgan fingerprint density at radius 3 is 1.52 bits per heavy atom. The molecule has 572 valence electrons. The summed E-state index contributed by atoms with van der Waals surface area (Å²) in [6.45, 7) is 10.3. The first-order valence-corrected chi connectivity index (χ1v) is 37.0. The topological polar surface area (TPSA) is 468 Å². The fourth-order valence-corrected chi connectivity index (χ4v) is 15.0. The number of rotatable bonds is 21. The number of nitro benzene ring substituents is 1. The third kappa shape index (κ3) is 23.2. The number of nitrogen functional groups attached to an aromatic ring is 2. The molecule has 12 atom stereocenters. The first-order valence-electron chi connectivity index (χ1n) is 33.8. The summed E-state index contributed by atoms with van der Waals surface area (Å²) in [5.74, 6) is 0.513. The Kier molecular flexibility index (Phi) is 34.9. The number of ether oxygens (including phenoxy) is 5. The van der Waals surface area contributed by atoms with Crippen LogP contribution in [-0.4, -0.2) is 182 Å². The zero-order valence-electron chi connectivity index (χ0n) is 58.9. The van der Waals surface area contributed by atoms with Gasteiger partial charge in [-0.3, -0.25) is 24.2 Å². The van der Waals surface area contributed by atoms with Crippen molar-refractivity contribution in [2.45, 2.75) is 185 Å². The fourth-order valence-electron chi connectivity index (χ4n) is 11.6. The Morgan fingerprint density at radius 1 is 0.679 bits per heavy atom. The van der Waals surface area contributed by atoms with Crippen molar-refractivity contribution < 1.29 is 103 Å². The van der Waals surface area contributed by atoms with Gasteiger partial charge < -0.3 is 92.6 Å². The number of non-ortho nitro benzene ring substituents is 1. The van der Waals surface area contributed by atoms with Gasteiger partial charge >= 0.3 is 50.3 Å². The molecule has 3 aliphatic heterocycles. The van der Waals surface area contributed by atoms with Crippen LogP contribution >= 0.6 is 15.3 Å². The number of esters is 2. The van der Waals surface area contributed by atoms with Crippen molar-refractivity contribution in [1.29, 1.82) is 10.5 Å². The van der Waals surface area contributed by atoms with E-state index < -0.39 is 105 Å². The molecule has 36 heteroatoms. The monoisotopic (exact) mass is 1540 g/mol. The molecule has 7 heterocycles. The molecule has 5 aliphatic rings. The number of para-hydroxylation sites is 2. The van der Waals surface area contributed by atoms with E-state index in [1.54, 1.807) is 79.7 Å². The molecule has 5 fully saturated rings. The average molecular weight is 1540 g/mol. The Morgan fingerprint density at radius 2 is 1.10 bits per heavy atom. The van der Waals surface area contributed by atoms with E-state index in [2.05, 4.69) is 46.0 Å². The molecule has 3 saturated heterocycles. The van der Waals surface area contributed by atoms with Gasteiger partial charge in [0.05, 0.1) is 41.6 Å². The van der Waals surface area contributed by atoms with Crippen molar-refractivity contribution in [3.8, 4) is 29.4 Å². The SMILES string of the molecule is C.C1CCOC1.C[C-](C)C.C[C@H](CP(=O)(OC[C@H]1O[C@@](C#N)(c2ccc3c(N)ncnn23)[C@H](O)[C@@H]1O)Oc1ccccc1)C(=O)OC1CCCCC1.C[C@H](NP(=O)(Oc1ccccc1)Oc1ccc([N+](=O)[O-])cc1)C(=O)OC1CCCCC1.N#C[C@@]1(c2ccc3c(N)ncnn23)O[C@H](CO)[C@@H](O)[C@H]1O.[Cl-].[Mg+2]. The molecule has 2 saturated carbocycles.